The van der Waals surface area contributed by atoms with Crippen LogP contribution in [0.5, 0.6) is 0 Å². The minimum atomic E-state index is -2.36. The van der Waals surface area contributed by atoms with E-state index in [1.54, 1.807) is 49.4 Å². The molecule has 7 nitrogen and oxygen atoms in total. The van der Waals surface area contributed by atoms with Crippen LogP contribution in [0.1, 0.15) is 39.1 Å². The number of nitro groups is 1. The summed E-state index contributed by atoms with van der Waals surface area (Å²) in [5.41, 5.74) is -1.62. The van der Waals surface area contributed by atoms with E-state index < -0.39 is 46.3 Å². The second-order valence-electron chi connectivity index (χ2n) is 6.97. The van der Waals surface area contributed by atoms with Gasteiger partial charge in [0, 0.05) is 22.0 Å². The summed E-state index contributed by atoms with van der Waals surface area (Å²) < 4.78 is 5.49. The van der Waals surface area contributed by atoms with Crippen LogP contribution < -0.4 is 0 Å². The van der Waals surface area contributed by atoms with E-state index >= 15 is 0 Å². The smallest absolute Gasteiger partial charge is 0.264 e. The van der Waals surface area contributed by atoms with Crippen molar-refractivity contribution in [2.24, 2.45) is 5.92 Å². The van der Waals surface area contributed by atoms with Gasteiger partial charge in [-0.2, -0.15) is 0 Å². The van der Waals surface area contributed by atoms with E-state index in [4.69, 9.17) is 4.74 Å². The molecule has 1 saturated heterocycles. The number of nitrogens with zero attached hydrogens (tertiary/aromatic N) is 1. The van der Waals surface area contributed by atoms with Crippen molar-refractivity contribution in [2.75, 3.05) is 0 Å². The molecule has 1 aliphatic heterocycles. The molecule has 1 aliphatic carbocycles. The van der Waals surface area contributed by atoms with E-state index in [0.717, 1.165) is 0 Å². The number of ketones is 2. The van der Waals surface area contributed by atoms with Crippen LogP contribution in [-0.2, 0) is 4.74 Å². The Morgan fingerprint density at radius 3 is 2.04 bits per heavy atom. The lowest BCUT2D eigenvalue weighted by Gasteiger charge is -2.43. The molecule has 0 bridgehead atoms. The van der Waals surface area contributed by atoms with Gasteiger partial charge in [0.2, 0.25) is 11.6 Å². The van der Waals surface area contributed by atoms with E-state index in [1.165, 1.54) is 12.1 Å². The fourth-order valence-corrected chi connectivity index (χ4v) is 4.28. The second kappa shape index (κ2) is 6.07. The largest absolute Gasteiger partial charge is 0.368 e. The van der Waals surface area contributed by atoms with E-state index in [1.807, 2.05) is 0 Å². The summed E-state index contributed by atoms with van der Waals surface area (Å²) in [5, 5.41) is 22.6. The van der Waals surface area contributed by atoms with Gasteiger partial charge in [0.05, 0.1) is 5.92 Å². The molecular formula is C20H17NO6. The molecule has 1 unspecified atom stereocenters. The van der Waals surface area contributed by atoms with Crippen molar-refractivity contribution in [3.63, 3.8) is 0 Å². The number of carbonyl (C=O) groups is 2. The zero-order chi connectivity index (χ0) is 19.3. The molecule has 1 N–H and O–H groups in total. The van der Waals surface area contributed by atoms with Gasteiger partial charge in [-0.25, -0.2) is 0 Å². The van der Waals surface area contributed by atoms with Gasteiger partial charge in [-0.15, -0.1) is 0 Å². The maximum atomic E-state index is 13.2. The molecule has 4 atom stereocenters. The molecular weight excluding hydrogens is 350 g/mol. The second-order valence-corrected chi connectivity index (χ2v) is 6.97. The Kier molecular flexibility index (Phi) is 3.94. The van der Waals surface area contributed by atoms with Crippen LogP contribution in [0.3, 0.4) is 0 Å². The average molecular weight is 367 g/mol. The van der Waals surface area contributed by atoms with E-state index in [9.17, 15) is 24.8 Å². The van der Waals surface area contributed by atoms with Crippen molar-refractivity contribution in [3.8, 4) is 0 Å². The number of Topliss-reactive ketones (excluding diaryl/α,β-unsaturated/α-hetero) is 2. The van der Waals surface area contributed by atoms with Gasteiger partial charge in [-0.3, -0.25) is 19.7 Å². The molecule has 1 fully saturated rings. The lowest BCUT2D eigenvalue weighted by atomic mass is 9.70. The first kappa shape index (κ1) is 17.5. The SMILES string of the molecule is C[C@H]1C(O)OC2(C(=O)c3ccccc3C2=O)[C@H]([N+](=O)[O-])[C@@H]1c1ccccc1. The van der Waals surface area contributed by atoms with Crippen molar-refractivity contribution >= 4 is 11.6 Å². The van der Waals surface area contributed by atoms with Crippen molar-refractivity contribution in [1.82, 2.24) is 0 Å². The van der Waals surface area contributed by atoms with Crippen LogP contribution in [0.15, 0.2) is 54.6 Å². The molecule has 0 radical (unpaired) electrons. The van der Waals surface area contributed by atoms with Gasteiger partial charge in [-0.1, -0.05) is 61.5 Å². The summed E-state index contributed by atoms with van der Waals surface area (Å²) in [6.07, 6.45) is -1.49. The Labute approximate surface area is 154 Å². The number of hydrogen-bond acceptors (Lipinski definition) is 6. The topological polar surface area (TPSA) is 107 Å². The van der Waals surface area contributed by atoms with E-state index in [2.05, 4.69) is 0 Å². The van der Waals surface area contributed by atoms with E-state index in [-0.39, 0.29) is 11.1 Å². The molecule has 1 spiro atoms. The van der Waals surface area contributed by atoms with Gasteiger partial charge in [0.25, 0.3) is 11.6 Å². The fraction of sp³-hybridized carbons (Fsp3) is 0.300. The average Bonchev–Trinajstić information content (AvgIpc) is 2.87. The Balaban J connectivity index is 1.94. The van der Waals surface area contributed by atoms with Crippen LogP contribution in [0.2, 0.25) is 0 Å². The van der Waals surface area contributed by atoms with Crippen molar-refractivity contribution in [1.29, 1.82) is 0 Å². The number of carbonyl (C=O) groups excluding carboxylic acids is 2. The first-order valence-electron chi connectivity index (χ1n) is 8.62. The third kappa shape index (κ3) is 2.28. The van der Waals surface area contributed by atoms with Crippen LogP contribution in [0, 0.1) is 16.0 Å². The predicted octanol–water partition coefficient (Wildman–Crippen LogP) is 2.22. The zero-order valence-electron chi connectivity index (χ0n) is 14.4. The predicted molar refractivity (Wildman–Crippen MR) is 94.1 cm³/mol. The summed E-state index contributed by atoms with van der Waals surface area (Å²) in [7, 11) is 0. The molecule has 2 aliphatic rings. The lowest BCUT2D eigenvalue weighted by molar-refractivity contribution is -0.554. The number of aliphatic hydroxyl groups excluding tert-OH is 1. The minimum absolute atomic E-state index is 0.0860. The van der Waals surface area contributed by atoms with Gasteiger partial charge in [0.1, 0.15) is 0 Å². The molecule has 4 rings (SSSR count). The third-order valence-electron chi connectivity index (χ3n) is 5.58. The first-order valence-corrected chi connectivity index (χ1v) is 8.62. The van der Waals surface area contributed by atoms with Crippen molar-refractivity contribution in [3.05, 3.63) is 81.4 Å². The standard InChI is InChI=1S/C20H17NO6/c1-11-15(12-7-3-2-4-8-12)16(21(25)26)20(27-19(11)24)17(22)13-9-5-6-10-14(13)18(20)23/h2-11,15-16,19,24H,1H3/t11-,15+,16-,19?/m1/s1. The Bertz CT molecular complexity index is 905. The minimum Gasteiger partial charge on any atom is -0.368 e. The van der Waals surface area contributed by atoms with Gasteiger partial charge < -0.3 is 9.84 Å². The highest BCUT2D eigenvalue weighted by atomic mass is 16.7. The van der Waals surface area contributed by atoms with E-state index in [0.29, 0.717) is 5.56 Å². The maximum Gasteiger partial charge on any atom is 0.264 e. The summed E-state index contributed by atoms with van der Waals surface area (Å²) in [5.74, 6) is -3.08. The summed E-state index contributed by atoms with van der Waals surface area (Å²) in [4.78, 5) is 37.8. The van der Waals surface area contributed by atoms with Crippen LogP contribution >= 0.6 is 0 Å². The fourth-order valence-electron chi connectivity index (χ4n) is 4.28. The number of hydrogen-bond donors (Lipinski definition) is 1. The summed E-state index contributed by atoms with van der Waals surface area (Å²) in [6, 6.07) is 13.0. The zero-order valence-corrected chi connectivity index (χ0v) is 14.4. The molecule has 27 heavy (non-hydrogen) atoms. The van der Waals surface area contributed by atoms with Crippen molar-refractivity contribution < 1.29 is 24.4 Å². The molecule has 0 aromatic heterocycles. The summed E-state index contributed by atoms with van der Waals surface area (Å²) in [6.45, 7) is 1.61. The van der Waals surface area contributed by atoms with Gasteiger partial charge in [0.15, 0.2) is 6.29 Å². The lowest BCUT2D eigenvalue weighted by Crippen LogP contribution is -2.66. The third-order valence-corrected chi connectivity index (χ3v) is 5.58. The molecule has 0 amide bonds. The number of ether oxygens (including phenoxy) is 1. The molecule has 0 saturated carbocycles. The quantitative estimate of drug-likeness (QED) is 0.495. The monoisotopic (exact) mass is 367 g/mol. The molecule has 2 aromatic rings. The number of benzene rings is 2. The molecule has 138 valence electrons. The molecule has 1 heterocycles. The highest BCUT2D eigenvalue weighted by molar-refractivity contribution is 6.32. The van der Waals surface area contributed by atoms with Crippen LogP contribution in [0.25, 0.3) is 0 Å². The number of aliphatic hydroxyl groups is 1. The first-order chi connectivity index (χ1) is 12.9. The number of fused-ring (bicyclic) bond motifs is 1. The Morgan fingerprint density at radius 1 is 1.00 bits per heavy atom. The highest BCUT2D eigenvalue weighted by Gasteiger charge is 2.71. The van der Waals surface area contributed by atoms with Gasteiger partial charge in [-0.05, 0) is 5.56 Å². The molecule has 2 aromatic carbocycles. The normalized spacial score (nSPS) is 29.0. The van der Waals surface area contributed by atoms with Crippen LogP contribution in [-0.4, -0.2) is 39.5 Å². The van der Waals surface area contributed by atoms with Crippen LogP contribution in [0.4, 0.5) is 0 Å². The van der Waals surface area contributed by atoms with Gasteiger partial charge >= 0.3 is 0 Å². The molecule has 7 heteroatoms. The maximum absolute atomic E-state index is 13.2. The van der Waals surface area contributed by atoms with Crippen molar-refractivity contribution in [2.45, 2.75) is 30.8 Å². The highest BCUT2D eigenvalue weighted by Crippen LogP contribution is 2.49. The summed E-state index contributed by atoms with van der Waals surface area (Å²) >= 11 is 0. The Morgan fingerprint density at radius 2 is 1.52 bits per heavy atom. The number of rotatable bonds is 2. The Hall–Kier alpha value is -2.90.